The Hall–Kier alpha value is -1.81. The lowest BCUT2D eigenvalue weighted by atomic mass is 9.94. The van der Waals surface area contributed by atoms with Crippen LogP contribution in [-0.2, 0) is 16.8 Å². The van der Waals surface area contributed by atoms with Crippen LogP contribution in [0, 0.1) is 0 Å². The quantitative estimate of drug-likeness (QED) is 0.768. The summed E-state index contributed by atoms with van der Waals surface area (Å²) in [6.45, 7) is 0.641. The molecule has 1 fully saturated rings. The van der Waals surface area contributed by atoms with Gasteiger partial charge in [-0.15, -0.1) is 0 Å². The van der Waals surface area contributed by atoms with Gasteiger partial charge in [-0.05, 0) is 48.2 Å². The lowest BCUT2D eigenvalue weighted by Gasteiger charge is -2.24. The van der Waals surface area contributed by atoms with E-state index < -0.39 is 0 Å². The van der Waals surface area contributed by atoms with Crippen LogP contribution in [0.3, 0.4) is 0 Å². The van der Waals surface area contributed by atoms with Gasteiger partial charge < -0.3 is 9.80 Å². The van der Waals surface area contributed by atoms with Crippen molar-refractivity contribution in [3.8, 4) is 0 Å². The van der Waals surface area contributed by atoms with Crippen molar-refractivity contribution in [1.82, 2.24) is 4.90 Å². The Labute approximate surface area is 152 Å². The third kappa shape index (κ3) is 3.34. The van der Waals surface area contributed by atoms with Crippen LogP contribution in [0.1, 0.15) is 24.0 Å². The van der Waals surface area contributed by atoms with Crippen molar-refractivity contribution >= 4 is 27.5 Å². The molecule has 3 nitrogen and oxygen atoms in total. The minimum absolute atomic E-state index is 0.220. The van der Waals surface area contributed by atoms with Crippen LogP contribution in [-0.4, -0.2) is 32.0 Å². The van der Waals surface area contributed by atoms with Gasteiger partial charge in [-0.2, -0.15) is 0 Å². The summed E-state index contributed by atoms with van der Waals surface area (Å²) < 4.78 is 1.03. The van der Waals surface area contributed by atoms with Crippen molar-refractivity contribution in [1.29, 1.82) is 0 Å². The summed E-state index contributed by atoms with van der Waals surface area (Å²) in [5, 5.41) is 0. The normalized spacial score (nSPS) is 15.0. The molecule has 126 valence electrons. The number of carbonyl (C=O) groups is 1. The van der Waals surface area contributed by atoms with Gasteiger partial charge in [0, 0.05) is 37.8 Å². The maximum Gasteiger partial charge on any atom is 0.233 e. The second kappa shape index (κ2) is 6.60. The molecule has 0 N–H and O–H groups in total. The average Bonchev–Trinajstić information content (AvgIpc) is 3.36. The number of hydrogen-bond acceptors (Lipinski definition) is 2. The third-order valence-corrected chi connectivity index (χ3v) is 5.25. The fourth-order valence-corrected chi connectivity index (χ4v) is 3.55. The first kappa shape index (κ1) is 17.0. The molecule has 1 amide bonds. The van der Waals surface area contributed by atoms with Crippen LogP contribution in [0.25, 0.3) is 0 Å². The van der Waals surface area contributed by atoms with Crippen LogP contribution in [0.4, 0.5) is 5.69 Å². The standard InChI is InChI=1S/C20H23BrN2O/c1-22(2)18-9-7-15(8-10-18)14-23(3)19(24)20(11-12-20)16-5-4-6-17(21)13-16/h4-10,13H,11-12,14H2,1-3H3. The molecule has 24 heavy (non-hydrogen) atoms. The highest BCUT2D eigenvalue weighted by Crippen LogP contribution is 2.50. The molecule has 2 aromatic carbocycles. The highest BCUT2D eigenvalue weighted by atomic mass is 79.9. The summed E-state index contributed by atoms with van der Waals surface area (Å²) in [4.78, 5) is 17.0. The summed E-state index contributed by atoms with van der Waals surface area (Å²) in [7, 11) is 5.96. The fourth-order valence-electron chi connectivity index (χ4n) is 3.15. The Balaban J connectivity index is 1.73. The zero-order valence-electron chi connectivity index (χ0n) is 14.4. The van der Waals surface area contributed by atoms with Crippen LogP contribution >= 0.6 is 15.9 Å². The Morgan fingerprint density at radius 3 is 2.29 bits per heavy atom. The van der Waals surface area contributed by atoms with Crippen LogP contribution in [0.15, 0.2) is 53.0 Å². The predicted octanol–water partition coefficient (Wildman–Crippen LogP) is 4.21. The van der Waals surface area contributed by atoms with Crippen molar-refractivity contribution in [3.63, 3.8) is 0 Å². The Morgan fingerprint density at radius 2 is 1.75 bits per heavy atom. The van der Waals surface area contributed by atoms with E-state index in [9.17, 15) is 4.79 Å². The third-order valence-electron chi connectivity index (χ3n) is 4.76. The molecule has 0 aliphatic heterocycles. The zero-order valence-corrected chi connectivity index (χ0v) is 16.0. The number of rotatable bonds is 5. The second-order valence-corrected chi connectivity index (χ2v) is 7.73. The molecule has 1 aliphatic carbocycles. The topological polar surface area (TPSA) is 23.6 Å². The fraction of sp³-hybridized carbons (Fsp3) is 0.350. The van der Waals surface area contributed by atoms with Gasteiger partial charge in [0.25, 0.3) is 0 Å². The number of hydrogen-bond donors (Lipinski definition) is 0. The van der Waals surface area contributed by atoms with Gasteiger partial charge in [-0.1, -0.05) is 40.2 Å². The summed E-state index contributed by atoms with van der Waals surface area (Å²) in [5.74, 6) is 0.220. The van der Waals surface area contributed by atoms with Crippen LogP contribution in [0.2, 0.25) is 0 Å². The van der Waals surface area contributed by atoms with E-state index in [0.29, 0.717) is 6.54 Å². The zero-order chi connectivity index (χ0) is 17.3. The second-order valence-electron chi connectivity index (χ2n) is 6.81. The smallest absolute Gasteiger partial charge is 0.233 e. The number of nitrogens with zero attached hydrogens (tertiary/aromatic N) is 2. The van der Waals surface area contributed by atoms with E-state index in [-0.39, 0.29) is 11.3 Å². The minimum Gasteiger partial charge on any atom is -0.378 e. The molecule has 0 atom stereocenters. The summed E-state index contributed by atoms with van der Waals surface area (Å²) in [6, 6.07) is 16.5. The molecular formula is C20H23BrN2O. The molecule has 2 aromatic rings. The van der Waals surface area contributed by atoms with E-state index in [1.165, 1.54) is 5.69 Å². The van der Waals surface area contributed by atoms with Crippen molar-refractivity contribution in [2.45, 2.75) is 24.8 Å². The van der Waals surface area contributed by atoms with Gasteiger partial charge >= 0.3 is 0 Å². The highest BCUT2D eigenvalue weighted by Gasteiger charge is 2.52. The van der Waals surface area contributed by atoms with Gasteiger partial charge in [-0.3, -0.25) is 4.79 Å². The summed E-state index contributed by atoms with van der Waals surface area (Å²) in [6.07, 6.45) is 1.87. The largest absolute Gasteiger partial charge is 0.378 e. The van der Waals surface area contributed by atoms with Crippen molar-refractivity contribution in [2.75, 3.05) is 26.0 Å². The molecule has 0 bridgehead atoms. The van der Waals surface area contributed by atoms with Gasteiger partial charge in [0.1, 0.15) is 0 Å². The average molecular weight is 387 g/mol. The van der Waals surface area contributed by atoms with E-state index in [1.54, 1.807) is 0 Å². The SMILES string of the molecule is CN(Cc1ccc(N(C)C)cc1)C(=O)C1(c2cccc(Br)c2)CC1. The van der Waals surface area contributed by atoms with Crippen molar-refractivity contribution in [2.24, 2.45) is 0 Å². The first-order valence-corrected chi connectivity index (χ1v) is 8.99. The van der Waals surface area contributed by atoms with E-state index >= 15 is 0 Å². The summed E-state index contributed by atoms with van der Waals surface area (Å²) >= 11 is 3.51. The predicted molar refractivity (Wildman–Crippen MR) is 102 cm³/mol. The lowest BCUT2D eigenvalue weighted by Crippen LogP contribution is -2.36. The Morgan fingerprint density at radius 1 is 1.08 bits per heavy atom. The highest BCUT2D eigenvalue weighted by molar-refractivity contribution is 9.10. The first-order chi connectivity index (χ1) is 11.4. The monoisotopic (exact) mass is 386 g/mol. The van der Waals surface area contributed by atoms with Gasteiger partial charge in [0.15, 0.2) is 0 Å². The van der Waals surface area contributed by atoms with Gasteiger partial charge in [-0.25, -0.2) is 0 Å². The molecule has 1 aliphatic rings. The maximum atomic E-state index is 13.0. The molecule has 0 aromatic heterocycles. The number of anilines is 1. The number of amides is 1. The molecule has 1 saturated carbocycles. The Kier molecular flexibility index (Phi) is 4.68. The first-order valence-electron chi connectivity index (χ1n) is 8.20. The van der Waals surface area contributed by atoms with Crippen molar-refractivity contribution < 1.29 is 4.79 Å². The van der Waals surface area contributed by atoms with E-state index in [1.807, 2.05) is 38.2 Å². The van der Waals surface area contributed by atoms with Gasteiger partial charge in [0.05, 0.1) is 5.41 Å². The summed E-state index contributed by atoms with van der Waals surface area (Å²) in [5.41, 5.74) is 3.13. The van der Waals surface area contributed by atoms with E-state index in [4.69, 9.17) is 0 Å². The minimum atomic E-state index is -0.317. The van der Waals surface area contributed by atoms with Gasteiger partial charge in [0.2, 0.25) is 5.91 Å². The molecule has 0 heterocycles. The lowest BCUT2D eigenvalue weighted by molar-refractivity contribution is -0.133. The molecule has 0 unspecified atom stereocenters. The molecule has 3 rings (SSSR count). The number of benzene rings is 2. The molecule has 0 saturated heterocycles. The number of halogens is 1. The van der Waals surface area contributed by atoms with Crippen LogP contribution in [0.5, 0.6) is 0 Å². The molecular weight excluding hydrogens is 364 g/mol. The Bertz CT molecular complexity index is 736. The van der Waals surface area contributed by atoms with Crippen molar-refractivity contribution in [3.05, 3.63) is 64.1 Å². The number of carbonyl (C=O) groups excluding carboxylic acids is 1. The number of likely N-dealkylation sites (N-methyl/N-ethyl adjacent to an activating group) is 1. The van der Waals surface area contributed by atoms with E-state index in [2.05, 4.69) is 57.2 Å². The maximum absolute atomic E-state index is 13.0. The van der Waals surface area contributed by atoms with Crippen LogP contribution < -0.4 is 4.90 Å². The molecule has 0 spiro atoms. The molecule has 4 heteroatoms. The molecule has 0 radical (unpaired) electrons. The van der Waals surface area contributed by atoms with E-state index in [0.717, 1.165) is 28.4 Å².